The number of benzene rings is 2. The fourth-order valence-corrected chi connectivity index (χ4v) is 3.41. The first-order valence-corrected chi connectivity index (χ1v) is 9.31. The van der Waals surface area contributed by atoms with Gasteiger partial charge in [0, 0.05) is 19.6 Å². The zero-order valence-electron chi connectivity index (χ0n) is 13.3. The maximum atomic E-state index is 12.0. The minimum atomic E-state index is -3.31. The van der Waals surface area contributed by atoms with Crippen LogP contribution in [-0.2, 0) is 21.2 Å². The van der Waals surface area contributed by atoms with Crippen LogP contribution in [0.3, 0.4) is 0 Å². The van der Waals surface area contributed by atoms with Gasteiger partial charge >= 0.3 is 0 Å². The van der Waals surface area contributed by atoms with Crippen LogP contribution < -0.4 is 4.72 Å². The molecule has 2 aromatic rings. The first-order valence-electron chi connectivity index (χ1n) is 7.66. The molecule has 0 aliphatic heterocycles. The van der Waals surface area contributed by atoms with E-state index in [4.69, 9.17) is 4.74 Å². The molecule has 0 amide bonds. The summed E-state index contributed by atoms with van der Waals surface area (Å²) in [5.41, 5.74) is 2.32. The second-order valence-electron chi connectivity index (χ2n) is 5.46. The van der Waals surface area contributed by atoms with Gasteiger partial charge in [0.2, 0.25) is 10.0 Å². The van der Waals surface area contributed by atoms with Crippen LogP contribution >= 0.6 is 0 Å². The average Bonchev–Trinajstić information content (AvgIpc) is 2.58. The van der Waals surface area contributed by atoms with Crippen LogP contribution in [-0.4, -0.2) is 34.4 Å². The van der Waals surface area contributed by atoms with Gasteiger partial charge in [-0.3, -0.25) is 0 Å². The molecule has 0 aromatic heterocycles. The predicted octanol–water partition coefficient (Wildman–Crippen LogP) is 2.58. The van der Waals surface area contributed by atoms with Crippen molar-refractivity contribution in [3.05, 3.63) is 71.8 Å². The predicted molar refractivity (Wildman–Crippen MR) is 93.0 cm³/mol. The molecule has 0 radical (unpaired) electrons. The van der Waals surface area contributed by atoms with Crippen LogP contribution in [0.4, 0.5) is 0 Å². The van der Waals surface area contributed by atoms with Gasteiger partial charge in [-0.05, 0) is 17.5 Å². The van der Waals surface area contributed by atoms with E-state index in [1.54, 1.807) is 0 Å². The SMILES string of the molecule is COCCS(=O)(=O)NCC(Cc1ccccc1)c1ccccc1. The van der Waals surface area contributed by atoms with Gasteiger partial charge in [0.25, 0.3) is 0 Å². The average molecular weight is 333 g/mol. The van der Waals surface area contributed by atoms with Crippen molar-refractivity contribution in [2.75, 3.05) is 26.0 Å². The molecule has 1 unspecified atom stereocenters. The summed E-state index contributed by atoms with van der Waals surface area (Å²) in [5, 5.41) is 0. The lowest BCUT2D eigenvalue weighted by atomic mass is 9.92. The second kappa shape index (κ2) is 8.82. The molecule has 2 aromatic carbocycles. The molecule has 0 bridgehead atoms. The third-order valence-electron chi connectivity index (χ3n) is 3.70. The topological polar surface area (TPSA) is 55.4 Å². The summed E-state index contributed by atoms with van der Waals surface area (Å²) in [7, 11) is -1.82. The monoisotopic (exact) mass is 333 g/mol. The van der Waals surface area contributed by atoms with E-state index in [2.05, 4.69) is 16.9 Å². The Morgan fingerprint density at radius 3 is 2.22 bits per heavy atom. The zero-order valence-corrected chi connectivity index (χ0v) is 14.1. The third kappa shape index (κ3) is 6.14. The van der Waals surface area contributed by atoms with Crippen LogP contribution in [0.1, 0.15) is 17.0 Å². The van der Waals surface area contributed by atoms with Crippen molar-refractivity contribution >= 4 is 10.0 Å². The second-order valence-corrected chi connectivity index (χ2v) is 7.38. The number of rotatable bonds is 9. The van der Waals surface area contributed by atoms with E-state index < -0.39 is 10.0 Å². The quantitative estimate of drug-likeness (QED) is 0.767. The number of ether oxygens (including phenoxy) is 1. The van der Waals surface area contributed by atoms with Crippen molar-refractivity contribution in [1.29, 1.82) is 0 Å². The van der Waals surface area contributed by atoms with Gasteiger partial charge in [-0.15, -0.1) is 0 Å². The van der Waals surface area contributed by atoms with Gasteiger partial charge in [-0.1, -0.05) is 60.7 Å². The Morgan fingerprint density at radius 1 is 1.00 bits per heavy atom. The van der Waals surface area contributed by atoms with E-state index in [1.165, 1.54) is 12.7 Å². The first kappa shape index (κ1) is 17.7. The fraction of sp³-hybridized carbons (Fsp3) is 0.333. The Labute approximate surface area is 138 Å². The summed E-state index contributed by atoms with van der Waals surface area (Å²) in [6.45, 7) is 0.578. The van der Waals surface area contributed by atoms with Crippen LogP contribution in [0.25, 0.3) is 0 Å². The van der Waals surface area contributed by atoms with Crippen molar-refractivity contribution in [2.24, 2.45) is 0 Å². The molecule has 0 fully saturated rings. The number of sulfonamides is 1. The minimum Gasteiger partial charge on any atom is -0.384 e. The number of methoxy groups -OCH3 is 1. The van der Waals surface area contributed by atoms with Crippen molar-refractivity contribution in [2.45, 2.75) is 12.3 Å². The van der Waals surface area contributed by atoms with E-state index in [0.29, 0.717) is 6.54 Å². The summed E-state index contributed by atoms with van der Waals surface area (Å²) in [4.78, 5) is 0. The smallest absolute Gasteiger partial charge is 0.213 e. The molecule has 0 saturated carbocycles. The van der Waals surface area contributed by atoms with Crippen molar-refractivity contribution in [1.82, 2.24) is 4.72 Å². The molecule has 0 aliphatic rings. The van der Waals surface area contributed by atoms with E-state index in [1.807, 2.05) is 48.5 Å². The van der Waals surface area contributed by atoms with Gasteiger partial charge in [0.15, 0.2) is 0 Å². The van der Waals surface area contributed by atoms with E-state index in [0.717, 1.165) is 12.0 Å². The van der Waals surface area contributed by atoms with Gasteiger partial charge < -0.3 is 4.74 Å². The third-order valence-corrected chi connectivity index (χ3v) is 5.01. The standard InChI is InChI=1S/C18H23NO3S/c1-22-12-13-23(20,21)19-15-18(17-10-6-3-7-11-17)14-16-8-4-2-5-9-16/h2-11,18-19H,12-15H2,1H3. The lowest BCUT2D eigenvalue weighted by molar-refractivity contribution is 0.217. The molecular weight excluding hydrogens is 310 g/mol. The lowest BCUT2D eigenvalue weighted by Crippen LogP contribution is -2.32. The van der Waals surface area contributed by atoms with E-state index in [-0.39, 0.29) is 18.3 Å². The highest BCUT2D eigenvalue weighted by atomic mass is 32.2. The molecule has 1 atom stereocenters. The maximum Gasteiger partial charge on any atom is 0.213 e. The Kier molecular flexibility index (Phi) is 6.77. The van der Waals surface area contributed by atoms with E-state index >= 15 is 0 Å². The van der Waals surface area contributed by atoms with E-state index in [9.17, 15) is 8.42 Å². The first-order chi connectivity index (χ1) is 11.1. The molecule has 1 N–H and O–H groups in total. The van der Waals surface area contributed by atoms with Crippen LogP contribution in [0.2, 0.25) is 0 Å². The molecule has 5 heteroatoms. The molecule has 0 aliphatic carbocycles. The Balaban J connectivity index is 2.08. The van der Waals surface area contributed by atoms with Gasteiger partial charge in [0.05, 0.1) is 12.4 Å². The maximum absolute atomic E-state index is 12.0. The van der Waals surface area contributed by atoms with Crippen molar-refractivity contribution < 1.29 is 13.2 Å². The van der Waals surface area contributed by atoms with Gasteiger partial charge in [0.1, 0.15) is 0 Å². The Morgan fingerprint density at radius 2 is 1.61 bits per heavy atom. The lowest BCUT2D eigenvalue weighted by Gasteiger charge is -2.18. The van der Waals surface area contributed by atoms with Crippen molar-refractivity contribution in [3.63, 3.8) is 0 Å². The zero-order chi connectivity index (χ0) is 16.5. The fourth-order valence-electron chi connectivity index (χ4n) is 2.42. The highest BCUT2D eigenvalue weighted by Gasteiger charge is 2.16. The number of nitrogens with one attached hydrogen (secondary N) is 1. The molecule has 0 saturated heterocycles. The van der Waals surface area contributed by atoms with Crippen LogP contribution in [0, 0.1) is 0 Å². The molecule has 124 valence electrons. The highest BCUT2D eigenvalue weighted by Crippen LogP contribution is 2.20. The molecule has 0 spiro atoms. The molecule has 2 rings (SSSR count). The van der Waals surface area contributed by atoms with Crippen LogP contribution in [0.5, 0.6) is 0 Å². The number of hydrogen-bond donors (Lipinski definition) is 1. The van der Waals surface area contributed by atoms with Crippen molar-refractivity contribution in [3.8, 4) is 0 Å². The molecule has 23 heavy (non-hydrogen) atoms. The summed E-state index contributed by atoms with van der Waals surface area (Å²) < 4.78 is 31.5. The minimum absolute atomic E-state index is 0.0175. The Bertz CT molecular complexity index is 672. The highest BCUT2D eigenvalue weighted by molar-refractivity contribution is 7.89. The van der Waals surface area contributed by atoms with Crippen LogP contribution in [0.15, 0.2) is 60.7 Å². The largest absolute Gasteiger partial charge is 0.384 e. The Hall–Kier alpha value is -1.69. The van der Waals surface area contributed by atoms with Gasteiger partial charge in [-0.2, -0.15) is 0 Å². The normalized spacial score (nSPS) is 12.9. The summed E-state index contributed by atoms with van der Waals surface area (Å²) in [5.74, 6) is 0.0759. The molecule has 0 heterocycles. The molecule has 4 nitrogen and oxygen atoms in total. The molecular formula is C18H23NO3S. The number of hydrogen-bond acceptors (Lipinski definition) is 3. The summed E-state index contributed by atoms with van der Waals surface area (Å²) in [6.07, 6.45) is 0.789. The summed E-state index contributed by atoms with van der Waals surface area (Å²) in [6, 6.07) is 20.1. The van der Waals surface area contributed by atoms with Gasteiger partial charge in [-0.25, -0.2) is 13.1 Å². The summed E-state index contributed by atoms with van der Waals surface area (Å²) >= 11 is 0.